The number of hydrogen-bond donors (Lipinski definition) is 1. The highest BCUT2D eigenvalue weighted by Crippen LogP contribution is 2.48. The number of ether oxygens (including phenoxy) is 1. The van der Waals surface area contributed by atoms with Gasteiger partial charge >= 0.3 is 5.97 Å². The second kappa shape index (κ2) is 6.59. The molecule has 0 radical (unpaired) electrons. The SMILES string of the molecule is CCOC(=O)CCC12CCCC1C(c1cc(N)c(F)cc1Cl)=NO2. The lowest BCUT2D eigenvalue weighted by atomic mass is 9.82. The molecule has 3 rings (SSSR count). The number of nitrogen functional groups attached to an aromatic ring is 1. The van der Waals surface area contributed by atoms with Crippen LogP contribution in [0.5, 0.6) is 0 Å². The molecule has 1 aliphatic heterocycles. The zero-order valence-corrected chi connectivity index (χ0v) is 14.2. The van der Waals surface area contributed by atoms with Crippen LogP contribution in [0.25, 0.3) is 0 Å². The molecule has 0 spiro atoms. The van der Waals surface area contributed by atoms with Crippen LogP contribution in [-0.4, -0.2) is 23.9 Å². The number of hydrogen-bond acceptors (Lipinski definition) is 5. The van der Waals surface area contributed by atoms with E-state index in [1.54, 1.807) is 6.92 Å². The second-order valence-corrected chi connectivity index (χ2v) is 6.64. The third-order valence-corrected chi connectivity index (χ3v) is 5.12. The van der Waals surface area contributed by atoms with Gasteiger partial charge in [-0.2, -0.15) is 0 Å². The number of halogens is 2. The van der Waals surface area contributed by atoms with Crippen molar-refractivity contribution in [2.45, 2.75) is 44.6 Å². The Balaban J connectivity index is 1.81. The number of benzene rings is 1. The molecule has 0 amide bonds. The van der Waals surface area contributed by atoms with Crippen molar-refractivity contribution in [3.63, 3.8) is 0 Å². The fourth-order valence-corrected chi connectivity index (χ4v) is 3.88. The zero-order valence-electron chi connectivity index (χ0n) is 13.5. The van der Waals surface area contributed by atoms with Gasteiger partial charge in [0.25, 0.3) is 0 Å². The topological polar surface area (TPSA) is 73.9 Å². The molecular formula is C17H20ClFN2O3. The van der Waals surface area contributed by atoms with Crippen molar-refractivity contribution in [1.82, 2.24) is 0 Å². The highest BCUT2D eigenvalue weighted by molar-refractivity contribution is 6.34. The van der Waals surface area contributed by atoms with Gasteiger partial charge in [0.2, 0.25) is 0 Å². The van der Waals surface area contributed by atoms with Crippen LogP contribution < -0.4 is 5.73 Å². The Hall–Kier alpha value is -1.82. The van der Waals surface area contributed by atoms with Crippen LogP contribution >= 0.6 is 11.6 Å². The van der Waals surface area contributed by atoms with Gasteiger partial charge in [-0.1, -0.05) is 16.8 Å². The Morgan fingerprint density at radius 1 is 1.58 bits per heavy atom. The van der Waals surface area contributed by atoms with Crippen LogP contribution in [0.4, 0.5) is 10.1 Å². The molecule has 1 aromatic carbocycles. The molecule has 24 heavy (non-hydrogen) atoms. The Morgan fingerprint density at radius 2 is 2.38 bits per heavy atom. The van der Waals surface area contributed by atoms with Gasteiger partial charge in [-0.25, -0.2) is 4.39 Å². The molecule has 0 bridgehead atoms. The first-order valence-electron chi connectivity index (χ1n) is 8.13. The van der Waals surface area contributed by atoms with E-state index in [0.717, 1.165) is 19.3 Å². The highest BCUT2D eigenvalue weighted by atomic mass is 35.5. The lowest BCUT2D eigenvalue weighted by Gasteiger charge is -2.26. The van der Waals surface area contributed by atoms with Gasteiger partial charge in [0.15, 0.2) is 0 Å². The van der Waals surface area contributed by atoms with Gasteiger partial charge in [-0.3, -0.25) is 4.79 Å². The van der Waals surface area contributed by atoms with Gasteiger partial charge in [0.05, 0.1) is 23.0 Å². The zero-order chi connectivity index (χ0) is 17.3. The van der Waals surface area contributed by atoms with E-state index in [-0.39, 0.29) is 29.0 Å². The van der Waals surface area contributed by atoms with Gasteiger partial charge in [0.1, 0.15) is 11.4 Å². The molecule has 5 nitrogen and oxygen atoms in total. The average Bonchev–Trinajstić information content (AvgIpc) is 3.08. The molecule has 0 aromatic heterocycles. The summed E-state index contributed by atoms with van der Waals surface area (Å²) in [5, 5.41) is 4.48. The van der Waals surface area contributed by atoms with Crippen molar-refractivity contribution in [2.75, 3.05) is 12.3 Å². The summed E-state index contributed by atoms with van der Waals surface area (Å²) >= 11 is 6.18. The van der Waals surface area contributed by atoms with E-state index in [4.69, 9.17) is 26.9 Å². The molecule has 1 fully saturated rings. The number of carbonyl (C=O) groups is 1. The summed E-state index contributed by atoms with van der Waals surface area (Å²) in [6, 6.07) is 2.70. The van der Waals surface area contributed by atoms with Crippen LogP contribution in [0.3, 0.4) is 0 Å². The number of fused-ring (bicyclic) bond motifs is 1. The van der Waals surface area contributed by atoms with Crippen LogP contribution in [0.1, 0.15) is 44.6 Å². The van der Waals surface area contributed by atoms with Crippen molar-refractivity contribution in [2.24, 2.45) is 11.1 Å². The van der Waals surface area contributed by atoms with E-state index in [2.05, 4.69) is 5.16 Å². The summed E-state index contributed by atoms with van der Waals surface area (Å²) in [6.07, 6.45) is 3.50. The Morgan fingerprint density at radius 3 is 3.12 bits per heavy atom. The average molecular weight is 355 g/mol. The summed E-state index contributed by atoms with van der Waals surface area (Å²) in [4.78, 5) is 17.5. The molecule has 2 N–H and O–H groups in total. The van der Waals surface area contributed by atoms with Crippen molar-refractivity contribution >= 4 is 29.0 Å². The molecule has 1 heterocycles. The minimum absolute atomic E-state index is 0.0225. The van der Waals surface area contributed by atoms with Gasteiger partial charge < -0.3 is 15.3 Å². The quantitative estimate of drug-likeness (QED) is 0.646. The molecule has 7 heteroatoms. The smallest absolute Gasteiger partial charge is 0.305 e. The molecule has 2 unspecified atom stereocenters. The highest BCUT2D eigenvalue weighted by Gasteiger charge is 2.52. The van der Waals surface area contributed by atoms with Gasteiger partial charge in [-0.15, -0.1) is 0 Å². The molecular weight excluding hydrogens is 335 g/mol. The van der Waals surface area contributed by atoms with Crippen molar-refractivity contribution in [3.05, 3.63) is 28.5 Å². The summed E-state index contributed by atoms with van der Waals surface area (Å²) in [5.74, 6) is -0.767. The Labute approximate surface area is 144 Å². The number of nitrogens with zero attached hydrogens (tertiary/aromatic N) is 1. The van der Waals surface area contributed by atoms with Crippen LogP contribution in [-0.2, 0) is 14.4 Å². The molecule has 0 saturated heterocycles. The first-order chi connectivity index (χ1) is 11.5. The van der Waals surface area contributed by atoms with E-state index < -0.39 is 11.4 Å². The third-order valence-electron chi connectivity index (χ3n) is 4.80. The molecule has 130 valence electrons. The monoisotopic (exact) mass is 354 g/mol. The third kappa shape index (κ3) is 2.95. The number of nitrogens with two attached hydrogens (primary N) is 1. The van der Waals surface area contributed by atoms with Crippen molar-refractivity contribution < 1.29 is 18.8 Å². The standard InChI is InChI=1S/C17H20ClFN2O3/c1-2-23-15(22)5-7-17-6-3-4-11(17)16(21-24-17)10-8-14(20)13(19)9-12(10)18/h8-9,11H,2-7,20H2,1H3. The lowest BCUT2D eigenvalue weighted by molar-refractivity contribution is -0.145. The molecule has 1 aliphatic carbocycles. The molecule has 1 aromatic rings. The van der Waals surface area contributed by atoms with Gasteiger partial charge in [-0.05, 0) is 38.3 Å². The number of oxime groups is 1. The predicted octanol–water partition coefficient (Wildman–Crippen LogP) is 3.68. The summed E-state index contributed by atoms with van der Waals surface area (Å²) in [5.41, 5.74) is 6.48. The largest absolute Gasteiger partial charge is 0.466 e. The second-order valence-electron chi connectivity index (χ2n) is 6.24. The summed E-state index contributed by atoms with van der Waals surface area (Å²) < 4.78 is 18.5. The summed E-state index contributed by atoms with van der Waals surface area (Å²) in [7, 11) is 0. The fourth-order valence-electron chi connectivity index (χ4n) is 3.63. The molecule has 1 saturated carbocycles. The van der Waals surface area contributed by atoms with E-state index in [9.17, 15) is 9.18 Å². The number of rotatable bonds is 5. The van der Waals surface area contributed by atoms with Crippen molar-refractivity contribution in [3.8, 4) is 0 Å². The van der Waals surface area contributed by atoms with E-state index in [1.807, 2.05) is 0 Å². The number of carbonyl (C=O) groups excluding carboxylic acids is 1. The summed E-state index contributed by atoms with van der Waals surface area (Å²) in [6.45, 7) is 2.14. The minimum atomic E-state index is -0.553. The first kappa shape index (κ1) is 17.0. The number of esters is 1. The van der Waals surface area contributed by atoms with Crippen molar-refractivity contribution in [1.29, 1.82) is 0 Å². The maximum atomic E-state index is 13.5. The number of anilines is 1. The van der Waals surface area contributed by atoms with E-state index in [0.29, 0.717) is 24.3 Å². The van der Waals surface area contributed by atoms with Crippen LogP contribution in [0, 0.1) is 11.7 Å². The fraction of sp³-hybridized carbons (Fsp3) is 0.529. The predicted molar refractivity (Wildman–Crippen MR) is 89.4 cm³/mol. The van der Waals surface area contributed by atoms with Crippen LogP contribution in [0.15, 0.2) is 17.3 Å². The maximum absolute atomic E-state index is 13.5. The Bertz CT molecular complexity index is 695. The van der Waals surface area contributed by atoms with E-state index in [1.165, 1.54) is 12.1 Å². The molecule has 2 aliphatic rings. The van der Waals surface area contributed by atoms with Crippen LogP contribution in [0.2, 0.25) is 5.02 Å². The Kier molecular flexibility index (Phi) is 4.67. The first-order valence-corrected chi connectivity index (χ1v) is 8.51. The lowest BCUT2D eigenvalue weighted by Crippen LogP contribution is -2.35. The minimum Gasteiger partial charge on any atom is -0.466 e. The normalized spacial score (nSPS) is 25.1. The molecule has 2 atom stereocenters. The maximum Gasteiger partial charge on any atom is 0.305 e. The van der Waals surface area contributed by atoms with E-state index >= 15 is 0 Å². The van der Waals surface area contributed by atoms with Gasteiger partial charge in [0, 0.05) is 24.3 Å².